The fourth-order valence-corrected chi connectivity index (χ4v) is 2.62. The molecule has 0 radical (unpaired) electrons. The van der Waals surface area contributed by atoms with Crippen LogP contribution in [-0.4, -0.2) is 78.2 Å². The van der Waals surface area contributed by atoms with Gasteiger partial charge in [-0.05, 0) is 44.4 Å². The van der Waals surface area contributed by atoms with Crippen molar-refractivity contribution in [2.75, 3.05) is 45.2 Å². The first-order chi connectivity index (χ1) is 9.54. The van der Waals surface area contributed by atoms with Crippen LogP contribution in [0.3, 0.4) is 0 Å². The van der Waals surface area contributed by atoms with E-state index in [1.807, 2.05) is 6.26 Å². The first-order valence-corrected chi connectivity index (χ1v) is 8.39. The van der Waals surface area contributed by atoms with Crippen LogP contribution in [0.15, 0.2) is 0 Å². The largest absolute Gasteiger partial charge is 0.480 e. The summed E-state index contributed by atoms with van der Waals surface area (Å²) in [6.07, 6.45) is 4.82. The Labute approximate surface area is 124 Å². The molecule has 0 aromatic carbocycles. The van der Waals surface area contributed by atoms with E-state index in [0.717, 1.165) is 25.4 Å². The molecular formula is C13H25N3O3S. The van der Waals surface area contributed by atoms with Gasteiger partial charge in [0.15, 0.2) is 0 Å². The van der Waals surface area contributed by atoms with Crippen molar-refractivity contribution in [2.24, 2.45) is 0 Å². The molecular weight excluding hydrogens is 278 g/mol. The zero-order valence-electron chi connectivity index (χ0n) is 12.3. The molecule has 1 atom stereocenters. The summed E-state index contributed by atoms with van der Waals surface area (Å²) in [5.41, 5.74) is 0. The first-order valence-electron chi connectivity index (χ1n) is 7.00. The Morgan fingerprint density at radius 1 is 1.40 bits per heavy atom. The molecule has 0 aromatic heterocycles. The predicted molar refractivity (Wildman–Crippen MR) is 81.3 cm³/mol. The number of nitrogens with one attached hydrogen (secondary N) is 1. The average Bonchev–Trinajstić information content (AvgIpc) is 2.93. The number of carboxylic acid groups (broad SMARTS) is 1. The Kier molecular flexibility index (Phi) is 7.76. The van der Waals surface area contributed by atoms with Crippen molar-refractivity contribution in [3.63, 3.8) is 0 Å². The van der Waals surface area contributed by atoms with Gasteiger partial charge in [0.25, 0.3) is 0 Å². The van der Waals surface area contributed by atoms with E-state index in [1.165, 1.54) is 12.8 Å². The molecule has 20 heavy (non-hydrogen) atoms. The van der Waals surface area contributed by atoms with Gasteiger partial charge in [-0.25, -0.2) is 9.59 Å². The molecule has 6 nitrogen and oxygen atoms in total. The maximum atomic E-state index is 12.0. The smallest absolute Gasteiger partial charge is 0.326 e. The van der Waals surface area contributed by atoms with Gasteiger partial charge >= 0.3 is 12.0 Å². The SMILES string of the molecule is CSCCC(NC(=O)N(C)CCN1CCCC1)C(=O)O. The van der Waals surface area contributed by atoms with Crippen molar-refractivity contribution >= 4 is 23.8 Å². The van der Waals surface area contributed by atoms with Gasteiger partial charge in [0, 0.05) is 20.1 Å². The molecule has 1 saturated heterocycles. The highest BCUT2D eigenvalue weighted by Gasteiger charge is 2.21. The lowest BCUT2D eigenvalue weighted by atomic mass is 10.2. The van der Waals surface area contributed by atoms with E-state index in [0.29, 0.717) is 13.0 Å². The Hall–Kier alpha value is -0.950. The number of carbonyl (C=O) groups is 2. The van der Waals surface area contributed by atoms with E-state index in [-0.39, 0.29) is 6.03 Å². The Morgan fingerprint density at radius 2 is 2.05 bits per heavy atom. The number of hydrogen-bond acceptors (Lipinski definition) is 4. The number of aliphatic carboxylic acids is 1. The quantitative estimate of drug-likeness (QED) is 0.698. The molecule has 1 aliphatic rings. The van der Waals surface area contributed by atoms with E-state index in [4.69, 9.17) is 5.11 Å². The van der Waals surface area contributed by atoms with E-state index in [9.17, 15) is 9.59 Å². The molecule has 7 heteroatoms. The number of thioether (sulfide) groups is 1. The maximum Gasteiger partial charge on any atom is 0.326 e. The van der Waals surface area contributed by atoms with Crippen LogP contribution in [0.2, 0.25) is 0 Å². The van der Waals surface area contributed by atoms with Crippen molar-refractivity contribution in [1.29, 1.82) is 0 Å². The van der Waals surface area contributed by atoms with Crippen LogP contribution in [0, 0.1) is 0 Å². The Morgan fingerprint density at radius 3 is 2.60 bits per heavy atom. The summed E-state index contributed by atoms with van der Waals surface area (Å²) in [7, 11) is 1.71. The fraction of sp³-hybridized carbons (Fsp3) is 0.846. The summed E-state index contributed by atoms with van der Waals surface area (Å²) in [6.45, 7) is 3.68. The van der Waals surface area contributed by atoms with Gasteiger partial charge in [0.05, 0.1) is 0 Å². The van der Waals surface area contributed by atoms with Crippen LogP contribution in [0.25, 0.3) is 0 Å². The lowest BCUT2D eigenvalue weighted by molar-refractivity contribution is -0.139. The highest BCUT2D eigenvalue weighted by atomic mass is 32.2. The van der Waals surface area contributed by atoms with E-state index in [2.05, 4.69) is 10.2 Å². The van der Waals surface area contributed by atoms with Crippen molar-refractivity contribution in [3.05, 3.63) is 0 Å². The Balaban J connectivity index is 2.32. The topological polar surface area (TPSA) is 72.9 Å². The van der Waals surface area contributed by atoms with Crippen molar-refractivity contribution in [3.8, 4) is 0 Å². The van der Waals surface area contributed by atoms with Crippen LogP contribution in [0.5, 0.6) is 0 Å². The number of carboxylic acids is 1. The van der Waals surface area contributed by atoms with Gasteiger partial charge in [-0.3, -0.25) is 0 Å². The van der Waals surface area contributed by atoms with Crippen molar-refractivity contribution in [1.82, 2.24) is 15.1 Å². The number of rotatable bonds is 8. The standard InChI is InChI=1S/C13H25N3O3S/c1-15(8-9-16-6-3-4-7-16)13(19)14-11(12(17)18)5-10-20-2/h11H,3-10H2,1-2H3,(H,14,19)(H,17,18). The molecule has 1 heterocycles. The summed E-state index contributed by atoms with van der Waals surface area (Å²) in [5, 5.41) is 11.7. The minimum atomic E-state index is -0.972. The maximum absolute atomic E-state index is 12.0. The minimum Gasteiger partial charge on any atom is -0.480 e. The summed E-state index contributed by atoms with van der Waals surface area (Å²) in [6, 6.07) is -1.11. The number of urea groups is 1. The lowest BCUT2D eigenvalue weighted by Gasteiger charge is -2.23. The summed E-state index contributed by atoms with van der Waals surface area (Å²) in [5.74, 6) is -0.255. The summed E-state index contributed by atoms with van der Waals surface area (Å²) in [4.78, 5) is 26.9. The van der Waals surface area contributed by atoms with Gasteiger partial charge in [-0.1, -0.05) is 0 Å². The predicted octanol–water partition coefficient (Wildman–Crippen LogP) is 0.930. The molecule has 0 spiro atoms. The third kappa shape index (κ3) is 6.00. The third-order valence-electron chi connectivity index (χ3n) is 3.50. The first kappa shape index (κ1) is 17.1. The molecule has 1 aliphatic heterocycles. The normalized spacial score (nSPS) is 16.9. The second-order valence-electron chi connectivity index (χ2n) is 5.09. The zero-order valence-corrected chi connectivity index (χ0v) is 13.1. The Bertz CT molecular complexity index is 322. The molecule has 1 rings (SSSR count). The highest BCUT2D eigenvalue weighted by molar-refractivity contribution is 7.98. The van der Waals surface area contributed by atoms with Crippen LogP contribution in [-0.2, 0) is 4.79 Å². The molecule has 2 amide bonds. The van der Waals surface area contributed by atoms with E-state index in [1.54, 1.807) is 23.7 Å². The molecule has 116 valence electrons. The van der Waals surface area contributed by atoms with Crippen LogP contribution in [0.1, 0.15) is 19.3 Å². The lowest BCUT2D eigenvalue weighted by Crippen LogP contribution is -2.48. The number of amides is 2. The second kappa shape index (κ2) is 9.07. The molecule has 2 N–H and O–H groups in total. The van der Waals surface area contributed by atoms with E-state index >= 15 is 0 Å². The third-order valence-corrected chi connectivity index (χ3v) is 4.15. The second-order valence-corrected chi connectivity index (χ2v) is 6.08. The number of likely N-dealkylation sites (tertiary alicyclic amines) is 1. The molecule has 1 unspecified atom stereocenters. The minimum absolute atomic E-state index is 0.308. The van der Waals surface area contributed by atoms with Gasteiger partial charge < -0.3 is 20.2 Å². The van der Waals surface area contributed by atoms with Gasteiger partial charge in [-0.2, -0.15) is 11.8 Å². The summed E-state index contributed by atoms with van der Waals surface area (Å²) < 4.78 is 0. The molecule has 0 bridgehead atoms. The van der Waals surface area contributed by atoms with Gasteiger partial charge in [0.1, 0.15) is 6.04 Å². The molecule has 0 saturated carbocycles. The number of hydrogen-bond donors (Lipinski definition) is 2. The molecule has 0 aliphatic carbocycles. The van der Waals surface area contributed by atoms with E-state index < -0.39 is 12.0 Å². The monoisotopic (exact) mass is 303 g/mol. The van der Waals surface area contributed by atoms with Crippen LogP contribution < -0.4 is 5.32 Å². The van der Waals surface area contributed by atoms with Gasteiger partial charge in [0.2, 0.25) is 0 Å². The number of carbonyl (C=O) groups excluding carboxylic acids is 1. The van der Waals surface area contributed by atoms with Crippen molar-refractivity contribution < 1.29 is 14.7 Å². The fourth-order valence-electron chi connectivity index (χ4n) is 2.15. The van der Waals surface area contributed by atoms with Crippen LogP contribution >= 0.6 is 11.8 Å². The van der Waals surface area contributed by atoms with Gasteiger partial charge in [-0.15, -0.1) is 0 Å². The average molecular weight is 303 g/mol. The highest BCUT2D eigenvalue weighted by Crippen LogP contribution is 2.06. The van der Waals surface area contributed by atoms with Crippen LogP contribution in [0.4, 0.5) is 4.79 Å². The molecule has 0 aromatic rings. The summed E-state index contributed by atoms with van der Waals surface area (Å²) >= 11 is 1.58. The van der Waals surface area contributed by atoms with Crippen molar-refractivity contribution in [2.45, 2.75) is 25.3 Å². The zero-order chi connectivity index (χ0) is 15.0. The molecule has 1 fully saturated rings. The number of nitrogens with zero attached hydrogens (tertiary/aromatic N) is 2. The number of likely N-dealkylation sites (N-methyl/N-ethyl adjacent to an activating group) is 1.